The largest absolute Gasteiger partial charge is 0.481 e. The van der Waals surface area contributed by atoms with Gasteiger partial charge in [-0.1, -0.05) is 24.3 Å². The summed E-state index contributed by atoms with van der Waals surface area (Å²) in [5.41, 5.74) is 2.13. The Hall–Kier alpha value is -3.15. The number of halogens is 1. The molecule has 26 heavy (non-hydrogen) atoms. The Bertz CT molecular complexity index is 831. The van der Waals surface area contributed by atoms with E-state index in [1.54, 1.807) is 13.1 Å². The van der Waals surface area contributed by atoms with Crippen molar-refractivity contribution in [2.75, 3.05) is 0 Å². The molecule has 0 saturated heterocycles. The van der Waals surface area contributed by atoms with Gasteiger partial charge in [0.1, 0.15) is 11.6 Å². The first-order valence-corrected chi connectivity index (χ1v) is 8.35. The molecule has 0 aliphatic heterocycles. The summed E-state index contributed by atoms with van der Waals surface area (Å²) >= 11 is 0. The Morgan fingerprint density at radius 3 is 2.50 bits per heavy atom. The Morgan fingerprint density at radius 2 is 1.85 bits per heavy atom. The van der Waals surface area contributed by atoms with Gasteiger partial charge in [-0.3, -0.25) is 9.48 Å². The first-order valence-electron chi connectivity index (χ1n) is 8.35. The summed E-state index contributed by atoms with van der Waals surface area (Å²) < 4.78 is 20.2. The molecule has 1 N–H and O–H groups in total. The number of hydrogen-bond acceptors (Lipinski definition) is 3. The lowest BCUT2D eigenvalue weighted by Gasteiger charge is -2.15. The summed E-state index contributed by atoms with van der Waals surface area (Å²) in [6, 6.07) is 15.5. The summed E-state index contributed by atoms with van der Waals surface area (Å²) in [4.78, 5) is 12.1. The molecule has 1 amide bonds. The van der Waals surface area contributed by atoms with Crippen LogP contribution in [0.15, 0.2) is 67.0 Å². The molecule has 0 bridgehead atoms. The van der Waals surface area contributed by atoms with Gasteiger partial charge in [0.05, 0.1) is 6.54 Å². The topological polar surface area (TPSA) is 56.1 Å². The molecule has 5 nitrogen and oxygen atoms in total. The van der Waals surface area contributed by atoms with Crippen LogP contribution in [-0.4, -0.2) is 21.8 Å². The molecule has 134 valence electrons. The number of aromatic nitrogens is 2. The normalized spacial score (nSPS) is 11.8. The van der Waals surface area contributed by atoms with Crippen LogP contribution in [0.4, 0.5) is 4.39 Å². The van der Waals surface area contributed by atoms with Crippen molar-refractivity contribution >= 4 is 5.91 Å². The molecule has 0 radical (unpaired) electrons. The highest BCUT2D eigenvalue weighted by molar-refractivity contribution is 5.80. The zero-order chi connectivity index (χ0) is 18.4. The predicted molar refractivity (Wildman–Crippen MR) is 96.1 cm³/mol. The van der Waals surface area contributed by atoms with Crippen LogP contribution >= 0.6 is 0 Å². The SMILES string of the molecule is CC(Oc1ccc(F)cc1)C(=O)NCc1ccc(Cn2cccn2)cc1. The number of amides is 1. The van der Waals surface area contributed by atoms with Gasteiger partial charge in [-0.15, -0.1) is 0 Å². The zero-order valence-corrected chi connectivity index (χ0v) is 14.4. The van der Waals surface area contributed by atoms with Crippen molar-refractivity contribution in [1.82, 2.24) is 15.1 Å². The monoisotopic (exact) mass is 353 g/mol. The molecule has 1 aromatic heterocycles. The number of carbonyl (C=O) groups is 1. The van der Waals surface area contributed by atoms with Gasteiger partial charge in [0.15, 0.2) is 6.10 Å². The Morgan fingerprint density at radius 1 is 1.15 bits per heavy atom. The lowest BCUT2D eigenvalue weighted by Crippen LogP contribution is -2.35. The van der Waals surface area contributed by atoms with Crippen molar-refractivity contribution in [3.8, 4) is 5.75 Å². The molecule has 0 fully saturated rings. The van der Waals surface area contributed by atoms with Crippen LogP contribution < -0.4 is 10.1 Å². The summed E-state index contributed by atoms with van der Waals surface area (Å²) in [7, 11) is 0. The average molecular weight is 353 g/mol. The van der Waals surface area contributed by atoms with Crippen molar-refractivity contribution in [3.63, 3.8) is 0 Å². The maximum Gasteiger partial charge on any atom is 0.261 e. The van der Waals surface area contributed by atoms with Crippen molar-refractivity contribution < 1.29 is 13.9 Å². The number of benzene rings is 2. The van der Waals surface area contributed by atoms with E-state index in [-0.39, 0.29) is 11.7 Å². The first kappa shape index (κ1) is 17.7. The van der Waals surface area contributed by atoms with Crippen LogP contribution in [-0.2, 0) is 17.9 Å². The standard InChI is InChI=1S/C20H20FN3O2/c1-15(26-19-9-7-18(21)8-10-19)20(25)22-13-16-3-5-17(6-4-16)14-24-12-2-11-23-24/h2-12,15H,13-14H2,1H3,(H,22,25). The third kappa shape index (κ3) is 4.92. The summed E-state index contributed by atoms with van der Waals surface area (Å²) in [6.07, 6.45) is 3.00. The van der Waals surface area contributed by atoms with Gasteiger partial charge in [0.25, 0.3) is 5.91 Å². The van der Waals surface area contributed by atoms with E-state index in [4.69, 9.17) is 4.74 Å². The summed E-state index contributed by atoms with van der Waals surface area (Å²) in [6.45, 7) is 2.78. The fourth-order valence-electron chi connectivity index (χ4n) is 2.45. The molecule has 3 rings (SSSR count). The summed E-state index contributed by atoms with van der Waals surface area (Å²) in [5.74, 6) is -0.113. The van der Waals surface area contributed by atoms with E-state index in [0.29, 0.717) is 18.8 Å². The van der Waals surface area contributed by atoms with E-state index in [2.05, 4.69) is 10.4 Å². The van der Waals surface area contributed by atoms with E-state index in [9.17, 15) is 9.18 Å². The zero-order valence-electron chi connectivity index (χ0n) is 14.4. The lowest BCUT2D eigenvalue weighted by molar-refractivity contribution is -0.127. The Labute approximate surface area is 151 Å². The van der Waals surface area contributed by atoms with Gasteiger partial charge in [-0.05, 0) is 48.4 Å². The Balaban J connectivity index is 1.48. The number of hydrogen-bond donors (Lipinski definition) is 1. The van der Waals surface area contributed by atoms with E-state index in [0.717, 1.165) is 11.1 Å². The van der Waals surface area contributed by atoms with Gasteiger partial charge in [-0.2, -0.15) is 5.10 Å². The molecular weight excluding hydrogens is 333 g/mol. The van der Waals surface area contributed by atoms with Crippen LogP contribution in [0.1, 0.15) is 18.1 Å². The fraction of sp³-hybridized carbons (Fsp3) is 0.200. The van der Waals surface area contributed by atoms with E-state index in [1.807, 2.05) is 41.2 Å². The van der Waals surface area contributed by atoms with E-state index in [1.165, 1.54) is 24.3 Å². The minimum atomic E-state index is -0.667. The lowest BCUT2D eigenvalue weighted by atomic mass is 10.1. The molecule has 3 aromatic rings. The second-order valence-corrected chi connectivity index (χ2v) is 5.95. The maximum absolute atomic E-state index is 12.9. The van der Waals surface area contributed by atoms with Crippen molar-refractivity contribution in [3.05, 3.63) is 83.9 Å². The first-order chi connectivity index (χ1) is 12.6. The van der Waals surface area contributed by atoms with Crippen LogP contribution in [0, 0.1) is 5.82 Å². The van der Waals surface area contributed by atoms with Crippen molar-refractivity contribution in [2.24, 2.45) is 0 Å². The van der Waals surface area contributed by atoms with E-state index >= 15 is 0 Å². The molecule has 0 aliphatic carbocycles. The van der Waals surface area contributed by atoms with E-state index < -0.39 is 6.10 Å². The molecule has 1 heterocycles. The van der Waals surface area contributed by atoms with Crippen LogP contribution in [0.25, 0.3) is 0 Å². The second-order valence-electron chi connectivity index (χ2n) is 5.95. The van der Waals surface area contributed by atoms with Crippen molar-refractivity contribution in [1.29, 1.82) is 0 Å². The van der Waals surface area contributed by atoms with Crippen LogP contribution in [0.5, 0.6) is 5.75 Å². The second kappa shape index (κ2) is 8.29. The minimum Gasteiger partial charge on any atom is -0.481 e. The smallest absolute Gasteiger partial charge is 0.261 e. The van der Waals surface area contributed by atoms with Gasteiger partial charge >= 0.3 is 0 Å². The fourth-order valence-corrected chi connectivity index (χ4v) is 2.45. The van der Waals surface area contributed by atoms with Crippen molar-refractivity contribution in [2.45, 2.75) is 26.1 Å². The van der Waals surface area contributed by atoms with Crippen LogP contribution in [0.3, 0.4) is 0 Å². The Kier molecular flexibility index (Phi) is 5.63. The molecule has 0 saturated carbocycles. The highest BCUT2D eigenvalue weighted by Crippen LogP contribution is 2.13. The number of carbonyl (C=O) groups excluding carboxylic acids is 1. The maximum atomic E-state index is 12.9. The van der Waals surface area contributed by atoms with Gasteiger partial charge in [0, 0.05) is 18.9 Å². The van der Waals surface area contributed by atoms with Gasteiger partial charge in [-0.25, -0.2) is 4.39 Å². The number of nitrogens with one attached hydrogen (secondary N) is 1. The average Bonchev–Trinajstić information content (AvgIpc) is 3.16. The molecule has 1 unspecified atom stereocenters. The molecule has 6 heteroatoms. The number of nitrogens with zero attached hydrogens (tertiary/aromatic N) is 2. The third-order valence-corrected chi connectivity index (χ3v) is 3.89. The van der Waals surface area contributed by atoms with Gasteiger partial charge < -0.3 is 10.1 Å². The minimum absolute atomic E-state index is 0.227. The molecule has 0 spiro atoms. The number of ether oxygens (including phenoxy) is 1. The quantitative estimate of drug-likeness (QED) is 0.710. The number of rotatable bonds is 7. The van der Waals surface area contributed by atoms with Crippen LogP contribution in [0.2, 0.25) is 0 Å². The highest BCUT2D eigenvalue weighted by atomic mass is 19.1. The molecule has 1 atom stereocenters. The summed E-state index contributed by atoms with van der Waals surface area (Å²) in [5, 5.41) is 7.02. The molecule has 0 aliphatic rings. The predicted octanol–water partition coefficient (Wildman–Crippen LogP) is 3.15. The molecule has 2 aromatic carbocycles. The molecular formula is C20H20FN3O2. The highest BCUT2D eigenvalue weighted by Gasteiger charge is 2.14. The third-order valence-electron chi connectivity index (χ3n) is 3.89. The van der Waals surface area contributed by atoms with Gasteiger partial charge in [0.2, 0.25) is 0 Å².